The Morgan fingerprint density at radius 2 is 2.11 bits per heavy atom. The topological polar surface area (TPSA) is 75.4 Å². The van der Waals surface area contributed by atoms with E-state index in [1.54, 1.807) is 22.7 Å². The number of carbonyl (C=O) groups excluding carboxylic acids is 1. The van der Waals surface area contributed by atoms with Crippen molar-refractivity contribution in [2.45, 2.75) is 25.1 Å². The Labute approximate surface area is 175 Å². The predicted octanol–water partition coefficient (Wildman–Crippen LogP) is 2.92. The van der Waals surface area contributed by atoms with Crippen molar-refractivity contribution < 1.29 is 9.21 Å². The van der Waals surface area contributed by atoms with Gasteiger partial charge in [0.05, 0.1) is 22.9 Å². The van der Waals surface area contributed by atoms with Crippen LogP contribution in [0.25, 0.3) is 0 Å². The summed E-state index contributed by atoms with van der Waals surface area (Å²) in [7, 11) is 0. The van der Waals surface area contributed by atoms with Gasteiger partial charge in [0.25, 0.3) is 5.22 Å². The second kappa shape index (κ2) is 9.17. The van der Waals surface area contributed by atoms with Crippen molar-refractivity contribution in [2.75, 3.05) is 31.9 Å². The van der Waals surface area contributed by atoms with Crippen molar-refractivity contribution in [3.63, 3.8) is 0 Å². The molecule has 0 aromatic carbocycles. The lowest BCUT2D eigenvalue weighted by atomic mass is 10.3. The van der Waals surface area contributed by atoms with Gasteiger partial charge in [-0.2, -0.15) is 0 Å². The van der Waals surface area contributed by atoms with Crippen LogP contribution in [0.1, 0.15) is 21.5 Å². The van der Waals surface area contributed by atoms with Crippen molar-refractivity contribution in [2.24, 2.45) is 0 Å². The molecule has 0 unspecified atom stereocenters. The fourth-order valence-electron chi connectivity index (χ4n) is 3.01. The molecule has 1 fully saturated rings. The minimum Gasteiger partial charge on any atom is -0.416 e. The molecule has 0 saturated carbocycles. The van der Waals surface area contributed by atoms with Gasteiger partial charge in [0.15, 0.2) is 0 Å². The highest BCUT2D eigenvalue weighted by Crippen LogP contribution is 2.20. The summed E-state index contributed by atoms with van der Waals surface area (Å²) in [5.74, 6) is 0.973. The van der Waals surface area contributed by atoms with E-state index in [1.165, 1.54) is 16.6 Å². The first-order valence-electron chi connectivity index (χ1n) is 9.04. The van der Waals surface area contributed by atoms with Crippen LogP contribution < -0.4 is 0 Å². The van der Waals surface area contributed by atoms with Gasteiger partial charge in [0, 0.05) is 43.0 Å². The molecular formula is C18H21N5O2S3. The normalized spacial score (nSPS) is 15.2. The van der Waals surface area contributed by atoms with Gasteiger partial charge >= 0.3 is 0 Å². The van der Waals surface area contributed by atoms with Gasteiger partial charge in [-0.05, 0) is 18.4 Å². The number of thiophene rings is 1. The van der Waals surface area contributed by atoms with Crippen molar-refractivity contribution >= 4 is 40.3 Å². The third-order valence-electron chi connectivity index (χ3n) is 4.45. The fraction of sp³-hybridized carbons (Fsp3) is 0.444. The Hall–Kier alpha value is -1.75. The summed E-state index contributed by atoms with van der Waals surface area (Å²) in [6, 6.07) is 4.24. The summed E-state index contributed by atoms with van der Waals surface area (Å²) < 4.78 is 5.64. The molecule has 1 aliphatic heterocycles. The molecule has 1 amide bonds. The van der Waals surface area contributed by atoms with Gasteiger partial charge < -0.3 is 9.32 Å². The van der Waals surface area contributed by atoms with Gasteiger partial charge in [-0.1, -0.05) is 17.8 Å². The summed E-state index contributed by atoms with van der Waals surface area (Å²) >= 11 is 4.68. The summed E-state index contributed by atoms with van der Waals surface area (Å²) in [6.07, 6.45) is 0.526. The van der Waals surface area contributed by atoms with Crippen LogP contribution in [0.15, 0.2) is 32.5 Å². The maximum absolute atomic E-state index is 12.5. The minimum absolute atomic E-state index is 0.121. The van der Waals surface area contributed by atoms with Crippen LogP contribution in [0.4, 0.5) is 0 Å². The molecule has 0 radical (unpaired) electrons. The average Bonchev–Trinajstić information content (AvgIpc) is 3.44. The van der Waals surface area contributed by atoms with E-state index in [0.29, 0.717) is 23.3 Å². The fourth-order valence-corrected chi connectivity index (χ4v) is 5.05. The number of aryl methyl sites for hydroxylation is 1. The average molecular weight is 436 g/mol. The van der Waals surface area contributed by atoms with E-state index in [2.05, 4.69) is 37.6 Å². The van der Waals surface area contributed by atoms with Gasteiger partial charge in [0.2, 0.25) is 11.8 Å². The van der Waals surface area contributed by atoms with Crippen LogP contribution in [0.3, 0.4) is 0 Å². The largest absolute Gasteiger partial charge is 0.416 e. The van der Waals surface area contributed by atoms with Gasteiger partial charge in [-0.15, -0.1) is 32.9 Å². The van der Waals surface area contributed by atoms with Crippen LogP contribution in [0, 0.1) is 6.92 Å². The Morgan fingerprint density at radius 1 is 1.25 bits per heavy atom. The molecule has 7 nitrogen and oxygen atoms in total. The second-order valence-corrected chi connectivity index (χ2v) is 9.54. The quantitative estimate of drug-likeness (QED) is 0.528. The Kier molecular flexibility index (Phi) is 6.40. The lowest BCUT2D eigenvalue weighted by Crippen LogP contribution is -2.48. The number of thioether (sulfide) groups is 1. The summed E-state index contributed by atoms with van der Waals surface area (Å²) in [4.78, 5) is 22.6. The second-order valence-electron chi connectivity index (χ2n) is 6.52. The number of amides is 1. The molecule has 1 saturated heterocycles. The van der Waals surface area contributed by atoms with Crippen LogP contribution in [-0.4, -0.2) is 62.8 Å². The first-order chi connectivity index (χ1) is 13.7. The van der Waals surface area contributed by atoms with Crippen molar-refractivity contribution in [1.82, 2.24) is 25.0 Å². The van der Waals surface area contributed by atoms with E-state index >= 15 is 0 Å². The molecule has 3 aromatic heterocycles. The molecule has 4 rings (SSSR count). The van der Waals surface area contributed by atoms with Crippen LogP contribution in [0.2, 0.25) is 0 Å². The number of hydrogen-bond acceptors (Lipinski definition) is 9. The number of aromatic nitrogens is 3. The monoisotopic (exact) mass is 435 g/mol. The molecule has 10 heteroatoms. The van der Waals surface area contributed by atoms with E-state index < -0.39 is 0 Å². The van der Waals surface area contributed by atoms with E-state index in [9.17, 15) is 4.79 Å². The molecular weight excluding hydrogens is 414 g/mol. The molecule has 0 aliphatic carbocycles. The highest BCUT2D eigenvalue weighted by molar-refractivity contribution is 7.99. The molecule has 1 aliphatic rings. The third-order valence-corrected chi connectivity index (χ3v) is 6.94. The molecule has 28 heavy (non-hydrogen) atoms. The zero-order chi connectivity index (χ0) is 19.3. The molecule has 4 heterocycles. The summed E-state index contributed by atoms with van der Waals surface area (Å²) in [5, 5.41) is 13.6. The summed E-state index contributed by atoms with van der Waals surface area (Å²) in [5.41, 5.74) is 0.930. The number of thiazole rings is 1. The number of carbonyl (C=O) groups is 1. The van der Waals surface area contributed by atoms with Crippen molar-refractivity contribution in [1.29, 1.82) is 0 Å². The maximum Gasteiger partial charge on any atom is 0.277 e. The van der Waals surface area contributed by atoms with Gasteiger partial charge in [-0.3, -0.25) is 9.69 Å². The van der Waals surface area contributed by atoms with E-state index in [1.807, 2.05) is 17.2 Å². The van der Waals surface area contributed by atoms with Gasteiger partial charge in [0.1, 0.15) is 0 Å². The highest BCUT2D eigenvalue weighted by Gasteiger charge is 2.22. The van der Waals surface area contributed by atoms with Crippen LogP contribution in [-0.2, 0) is 17.8 Å². The molecule has 0 N–H and O–H groups in total. The SMILES string of the molecule is Cc1nc(Cc2nnc(SCC(=O)N3CCN(Cc4cccs4)CC3)o2)cs1. The molecule has 3 aromatic rings. The minimum atomic E-state index is 0.121. The molecule has 0 bridgehead atoms. The standard InChI is InChI=1S/C18H21N5O2S3/c1-13-19-14(11-27-13)9-16-20-21-18(25-16)28-12-17(24)23-6-4-22(5-7-23)10-15-3-2-8-26-15/h2-3,8,11H,4-7,9-10,12H2,1H3. The number of nitrogens with zero attached hydrogens (tertiary/aromatic N) is 5. The third kappa shape index (κ3) is 5.19. The van der Waals surface area contributed by atoms with E-state index in [4.69, 9.17) is 4.42 Å². The van der Waals surface area contributed by atoms with Crippen LogP contribution in [0.5, 0.6) is 0 Å². The summed E-state index contributed by atoms with van der Waals surface area (Å²) in [6.45, 7) is 6.29. The lowest BCUT2D eigenvalue weighted by molar-refractivity contribution is -0.130. The maximum atomic E-state index is 12.5. The van der Waals surface area contributed by atoms with E-state index in [0.717, 1.165) is 43.4 Å². The predicted molar refractivity (Wildman–Crippen MR) is 111 cm³/mol. The van der Waals surface area contributed by atoms with Gasteiger partial charge in [-0.25, -0.2) is 4.98 Å². The molecule has 0 spiro atoms. The van der Waals surface area contributed by atoms with Crippen molar-refractivity contribution in [3.8, 4) is 0 Å². The van der Waals surface area contributed by atoms with Crippen LogP contribution >= 0.6 is 34.4 Å². The number of piperazine rings is 1. The first kappa shape index (κ1) is 19.6. The zero-order valence-electron chi connectivity index (χ0n) is 15.5. The van der Waals surface area contributed by atoms with E-state index in [-0.39, 0.29) is 5.91 Å². The zero-order valence-corrected chi connectivity index (χ0v) is 18.0. The Bertz CT molecular complexity index is 900. The van der Waals surface area contributed by atoms with Crippen molar-refractivity contribution in [3.05, 3.63) is 44.4 Å². The smallest absolute Gasteiger partial charge is 0.277 e. The number of rotatable bonds is 7. The Morgan fingerprint density at radius 3 is 2.82 bits per heavy atom. The molecule has 0 atom stereocenters. The lowest BCUT2D eigenvalue weighted by Gasteiger charge is -2.34. The molecule has 148 valence electrons. The Balaban J connectivity index is 1.20. The number of hydrogen-bond donors (Lipinski definition) is 0. The first-order valence-corrected chi connectivity index (χ1v) is 11.8. The highest BCUT2D eigenvalue weighted by atomic mass is 32.2.